The molecule has 6 nitrogen and oxygen atoms in total. The van der Waals surface area contributed by atoms with E-state index in [1.165, 1.54) is 23.1 Å². The average molecular weight is 399 g/mol. The Morgan fingerprint density at radius 1 is 1.00 bits per heavy atom. The van der Waals surface area contributed by atoms with Crippen LogP contribution < -0.4 is 10.6 Å². The Balaban J connectivity index is 1.53. The number of para-hydroxylation sites is 1. The zero-order valence-corrected chi connectivity index (χ0v) is 16.5. The monoisotopic (exact) mass is 398 g/mol. The van der Waals surface area contributed by atoms with Gasteiger partial charge in [-0.15, -0.1) is 10.2 Å². The lowest BCUT2D eigenvalue weighted by molar-refractivity contribution is -0.113. The Bertz CT molecular complexity index is 937. The van der Waals surface area contributed by atoms with Crippen molar-refractivity contribution in [3.05, 3.63) is 65.2 Å². The van der Waals surface area contributed by atoms with Gasteiger partial charge in [-0.25, -0.2) is 0 Å². The molecule has 0 fully saturated rings. The molecule has 0 aliphatic rings. The minimum atomic E-state index is -0.226. The van der Waals surface area contributed by atoms with Crippen molar-refractivity contribution in [1.29, 1.82) is 0 Å². The first kappa shape index (κ1) is 19.1. The molecule has 1 heterocycles. The Morgan fingerprint density at radius 3 is 2.41 bits per heavy atom. The lowest BCUT2D eigenvalue weighted by atomic mass is 10.1. The lowest BCUT2D eigenvalue weighted by Crippen LogP contribution is -2.13. The van der Waals surface area contributed by atoms with Crippen molar-refractivity contribution in [1.82, 2.24) is 10.2 Å². The first-order chi connectivity index (χ1) is 13.0. The molecular formula is C19H18N4O2S2. The number of anilines is 2. The smallest absolute Gasteiger partial charge is 0.257 e. The predicted molar refractivity (Wildman–Crippen MR) is 110 cm³/mol. The van der Waals surface area contributed by atoms with Gasteiger partial charge in [0.1, 0.15) is 0 Å². The standard InChI is InChI=1S/C19H18N4O2S2/c1-12-8-13(2)10-14(9-12)17(25)21-18-22-23-19(27-18)26-11-16(24)20-15-6-4-3-5-7-15/h3-10H,11H2,1-2H3,(H,20,24)(H,21,22,25). The second kappa shape index (κ2) is 8.79. The van der Waals surface area contributed by atoms with Gasteiger partial charge in [-0.2, -0.15) is 0 Å². The molecule has 3 rings (SSSR count). The van der Waals surface area contributed by atoms with Crippen LogP contribution in [0.1, 0.15) is 21.5 Å². The minimum Gasteiger partial charge on any atom is -0.325 e. The summed E-state index contributed by atoms with van der Waals surface area (Å²) in [6, 6.07) is 14.9. The molecule has 1 aromatic heterocycles. The second-order valence-corrected chi connectivity index (χ2v) is 8.11. The number of thioether (sulfide) groups is 1. The number of hydrogen-bond acceptors (Lipinski definition) is 6. The average Bonchev–Trinajstić information content (AvgIpc) is 3.07. The zero-order valence-electron chi connectivity index (χ0n) is 14.9. The molecule has 0 atom stereocenters. The SMILES string of the molecule is Cc1cc(C)cc(C(=O)Nc2nnc(SCC(=O)Nc3ccccc3)s2)c1. The van der Waals surface area contributed by atoms with E-state index in [0.717, 1.165) is 16.8 Å². The molecule has 0 aliphatic carbocycles. The number of carbonyl (C=O) groups excluding carboxylic acids is 2. The van der Waals surface area contributed by atoms with Crippen LogP contribution in [0.3, 0.4) is 0 Å². The summed E-state index contributed by atoms with van der Waals surface area (Å²) >= 11 is 2.52. The minimum absolute atomic E-state index is 0.123. The van der Waals surface area contributed by atoms with Crippen molar-refractivity contribution in [2.75, 3.05) is 16.4 Å². The summed E-state index contributed by atoms with van der Waals surface area (Å²) in [4.78, 5) is 24.3. The molecule has 0 spiro atoms. The van der Waals surface area contributed by atoms with Gasteiger partial charge in [-0.05, 0) is 38.1 Å². The molecule has 0 bridgehead atoms. The van der Waals surface area contributed by atoms with Crippen molar-refractivity contribution >= 4 is 45.7 Å². The summed E-state index contributed by atoms with van der Waals surface area (Å²) in [6.07, 6.45) is 0. The van der Waals surface area contributed by atoms with Crippen LogP contribution in [-0.4, -0.2) is 27.8 Å². The van der Waals surface area contributed by atoms with E-state index in [1.807, 2.05) is 62.4 Å². The number of rotatable bonds is 6. The van der Waals surface area contributed by atoms with Crippen LogP contribution in [-0.2, 0) is 4.79 Å². The van der Waals surface area contributed by atoms with E-state index in [9.17, 15) is 9.59 Å². The van der Waals surface area contributed by atoms with Gasteiger partial charge >= 0.3 is 0 Å². The fourth-order valence-electron chi connectivity index (χ4n) is 2.44. The van der Waals surface area contributed by atoms with E-state index in [1.54, 1.807) is 0 Å². The molecule has 0 radical (unpaired) electrons. The van der Waals surface area contributed by atoms with Crippen LogP contribution in [0.25, 0.3) is 0 Å². The molecule has 2 N–H and O–H groups in total. The maximum atomic E-state index is 12.4. The summed E-state index contributed by atoms with van der Waals surface area (Å²) in [5, 5.41) is 14.0. The molecular weight excluding hydrogens is 380 g/mol. The van der Waals surface area contributed by atoms with E-state index >= 15 is 0 Å². The summed E-state index contributed by atoms with van der Waals surface area (Å²) in [6.45, 7) is 3.90. The van der Waals surface area contributed by atoms with Crippen LogP contribution in [0, 0.1) is 13.8 Å². The van der Waals surface area contributed by atoms with Crippen molar-refractivity contribution < 1.29 is 9.59 Å². The van der Waals surface area contributed by atoms with Gasteiger partial charge in [0, 0.05) is 11.3 Å². The molecule has 2 aromatic carbocycles. The van der Waals surface area contributed by atoms with E-state index in [4.69, 9.17) is 0 Å². The largest absolute Gasteiger partial charge is 0.325 e. The highest BCUT2D eigenvalue weighted by atomic mass is 32.2. The lowest BCUT2D eigenvalue weighted by Gasteiger charge is -2.04. The van der Waals surface area contributed by atoms with E-state index in [2.05, 4.69) is 20.8 Å². The molecule has 8 heteroatoms. The number of aromatic nitrogens is 2. The Kier molecular flexibility index (Phi) is 6.20. The maximum Gasteiger partial charge on any atom is 0.257 e. The highest BCUT2D eigenvalue weighted by molar-refractivity contribution is 8.01. The molecule has 138 valence electrons. The summed E-state index contributed by atoms with van der Waals surface area (Å²) < 4.78 is 0.619. The van der Waals surface area contributed by atoms with E-state index in [0.29, 0.717) is 15.0 Å². The Morgan fingerprint density at radius 2 is 1.70 bits per heavy atom. The van der Waals surface area contributed by atoms with Gasteiger partial charge < -0.3 is 5.32 Å². The highest BCUT2D eigenvalue weighted by Crippen LogP contribution is 2.26. The number of nitrogens with one attached hydrogen (secondary N) is 2. The molecule has 0 unspecified atom stereocenters. The molecule has 2 amide bonds. The van der Waals surface area contributed by atoms with Gasteiger partial charge in [0.25, 0.3) is 5.91 Å². The van der Waals surface area contributed by atoms with Crippen molar-refractivity contribution in [2.24, 2.45) is 0 Å². The normalized spacial score (nSPS) is 10.4. The molecule has 0 saturated carbocycles. The van der Waals surface area contributed by atoms with Crippen molar-refractivity contribution in [2.45, 2.75) is 18.2 Å². The molecule has 0 aliphatic heterocycles. The van der Waals surface area contributed by atoms with Gasteiger partial charge in [0.2, 0.25) is 11.0 Å². The number of amides is 2. The first-order valence-corrected chi connectivity index (χ1v) is 10.0. The van der Waals surface area contributed by atoms with Crippen LogP contribution >= 0.6 is 23.1 Å². The third-order valence-electron chi connectivity index (χ3n) is 3.50. The predicted octanol–water partition coefficient (Wildman–Crippen LogP) is 4.14. The Hall–Kier alpha value is -2.71. The zero-order chi connectivity index (χ0) is 19.2. The number of benzene rings is 2. The first-order valence-electron chi connectivity index (χ1n) is 8.20. The Labute approximate surface area is 165 Å². The van der Waals surface area contributed by atoms with Gasteiger partial charge in [-0.3, -0.25) is 14.9 Å². The van der Waals surface area contributed by atoms with Gasteiger partial charge in [0.15, 0.2) is 4.34 Å². The van der Waals surface area contributed by atoms with Crippen molar-refractivity contribution in [3.8, 4) is 0 Å². The number of hydrogen-bond donors (Lipinski definition) is 2. The fourth-order valence-corrected chi connectivity index (χ4v) is 3.99. The van der Waals surface area contributed by atoms with Crippen LogP contribution in [0.15, 0.2) is 52.9 Å². The molecule has 27 heavy (non-hydrogen) atoms. The quantitative estimate of drug-likeness (QED) is 0.482. The van der Waals surface area contributed by atoms with Gasteiger partial charge in [0.05, 0.1) is 5.75 Å². The maximum absolute atomic E-state index is 12.4. The van der Waals surface area contributed by atoms with E-state index < -0.39 is 0 Å². The topological polar surface area (TPSA) is 84.0 Å². The number of aryl methyl sites for hydroxylation is 2. The van der Waals surface area contributed by atoms with E-state index in [-0.39, 0.29) is 17.6 Å². The number of nitrogens with zero attached hydrogens (tertiary/aromatic N) is 2. The third kappa shape index (κ3) is 5.63. The third-order valence-corrected chi connectivity index (χ3v) is 5.47. The summed E-state index contributed by atoms with van der Waals surface area (Å²) in [5.74, 6) is -0.132. The molecule has 3 aromatic rings. The fraction of sp³-hybridized carbons (Fsp3) is 0.158. The second-order valence-electron chi connectivity index (χ2n) is 5.91. The van der Waals surface area contributed by atoms with Gasteiger partial charge in [-0.1, -0.05) is 58.5 Å². The van der Waals surface area contributed by atoms with Crippen molar-refractivity contribution in [3.63, 3.8) is 0 Å². The number of carbonyl (C=O) groups is 2. The van der Waals surface area contributed by atoms with Crippen LogP contribution in [0.2, 0.25) is 0 Å². The van der Waals surface area contributed by atoms with Crippen LogP contribution in [0.4, 0.5) is 10.8 Å². The summed E-state index contributed by atoms with van der Waals surface area (Å²) in [5.41, 5.74) is 3.39. The molecule has 0 saturated heterocycles. The summed E-state index contributed by atoms with van der Waals surface area (Å²) in [7, 11) is 0. The highest BCUT2D eigenvalue weighted by Gasteiger charge is 2.12. The van der Waals surface area contributed by atoms with Crippen LogP contribution in [0.5, 0.6) is 0 Å².